The topological polar surface area (TPSA) is 69.0 Å². The highest BCUT2D eigenvalue weighted by Gasteiger charge is 2.44. The Morgan fingerprint density at radius 2 is 1.59 bits per heavy atom. The maximum absolute atomic E-state index is 14.1. The molecule has 1 aromatic heterocycles. The van der Waals surface area contributed by atoms with Crippen LogP contribution in [0, 0.1) is 11.6 Å². The summed E-state index contributed by atoms with van der Waals surface area (Å²) in [6.45, 7) is 0.310. The van der Waals surface area contributed by atoms with Crippen LogP contribution in [0.2, 0.25) is 0 Å². The Hall–Kier alpha value is -4.98. The second kappa shape index (κ2) is 9.72. The van der Waals surface area contributed by atoms with Crippen LogP contribution in [0.25, 0.3) is 11.0 Å². The van der Waals surface area contributed by atoms with Crippen molar-refractivity contribution in [3.63, 3.8) is 0 Å². The van der Waals surface area contributed by atoms with Crippen LogP contribution in [0.5, 0.6) is 11.5 Å². The van der Waals surface area contributed by atoms with Gasteiger partial charge in [0.05, 0.1) is 24.1 Å². The van der Waals surface area contributed by atoms with Gasteiger partial charge in [-0.15, -0.1) is 0 Å². The second-order valence-electron chi connectivity index (χ2n) is 9.05. The summed E-state index contributed by atoms with van der Waals surface area (Å²) in [6, 6.07) is 22.7. The molecule has 4 aromatic carbocycles. The zero-order chi connectivity index (χ0) is 27.1. The van der Waals surface area contributed by atoms with Gasteiger partial charge in [0.1, 0.15) is 23.8 Å². The molecule has 0 saturated carbocycles. The molecular weight excluding hydrogens is 504 g/mol. The molecule has 1 unspecified atom stereocenters. The molecule has 0 fully saturated rings. The van der Waals surface area contributed by atoms with E-state index >= 15 is 0 Å². The lowest BCUT2D eigenvalue weighted by Crippen LogP contribution is -2.29. The molecule has 2 heterocycles. The SMILES string of the molecule is COc1cc(C2c3c(oc4ccc(F)cc4c3=O)C(=O)N2c2ccc(F)cc2)ccc1OCc1ccccc1. The summed E-state index contributed by atoms with van der Waals surface area (Å²) in [5.74, 6) is -0.954. The first-order chi connectivity index (χ1) is 18.9. The Kier molecular flexibility index (Phi) is 6.07. The fraction of sp³-hybridized carbons (Fsp3) is 0.0968. The molecule has 39 heavy (non-hydrogen) atoms. The zero-order valence-corrected chi connectivity index (χ0v) is 20.7. The van der Waals surface area contributed by atoms with E-state index in [-0.39, 0.29) is 22.3 Å². The first-order valence-corrected chi connectivity index (χ1v) is 12.1. The molecule has 5 aromatic rings. The molecule has 6 nitrogen and oxygen atoms in total. The molecule has 0 aliphatic carbocycles. The van der Waals surface area contributed by atoms with Crippen molar-refractivity contribution in [2.45, 2.75) is 12.6 Å². The number of hydrogen-bond donors (Lipinski definition) is 0. The van der Waals surface area contributed by atoms with Crippen LogP contribution in [-0.4, -0.2) is 13.0 Å². The Morgan fingerprint density at radius 1 is 0.846 bits per heavy atom. The number of nitrogens with zero attached hydrogens (tertiary/aromatic N) is 1. The number of halogens is 2. The van der Waals surface area contributed by atoms with Crippen molar-refractivity contribution < 1.29 is 27.5 Å². The van der Waals surface area contributed by atoms with Gasteiger partial charge in [0.2, 0.25) is 5.76 Å². The fourth-order valence-corrected chi connectivity index (χ4v) is 4.84. The second-order valence-corrected chi connectivity index (χ2v) is 9.05. The van der Waals surface area contributed by atoms with Crippen molar-refractivity contribution in [1.29, 1.82) is 0 Å². The summed E-state index contributed by atoms with van der Waals surface area (Å²) >= 11 is 0. The van der Waals surface area contributed by atoms with Crippen LogP contribution >= 0.6 is 0 Å². The van der Waals surface area contributed by atoms with E-state index in [9.17, 15) is 18.4 Å². The van der Waals surface area contributed by atoms with Gasteiger partial charge in [-0.3, -0.25) is 14.5 Å². The van der Waals surface area contributed by atoms with Crippen molar-refractivity contribution in [3.05, 3.63) is 135 Å². The lowest BCUT2D eigenvalue weighted by molar-refractivity contribution is 0.0971. The normalized spacial score (nSPS) is 14.5. The van der Waals surface area contributed by atoms with Crippen molar-refractivity contribution >= 4 is 22.6 Å². The molecule has 6 rings (SSSR count). The standard InChI is InChI=1S/C31H21F2NO5/c1-37-26-15-19(7-13-25(26)38-17-18-5-3-2-4-6-18)28-27-29(35)23-16-21(33)10-14-24(23)39-30(27)31(36)34(28)22-11-8-20(32)9-12-22/h2-16,28H,17H2,1H3. The average molecular weight is 526 g/mol. The zero-order valence-electron chi connectivity index (χ0n) is 20.7. The van der Waals surface area contributed by atoms with Gasteiger partial charge in [0.25, 0.3) is 5.91 Å². The molecule has 0 radical (unpaired) electrons. The summed E-state index contributed by atoms with van der Waals surface area (Å²) in [5, 5.41) is 0.0160. The van der Waals surface area contributed by atoms with E-state index in [2.05, 4.69) is 0 Å². The van der Waals surface area contributed by atoms with Crippen molar-refractivity contribution in [1.82, 2.24) is 0 Å². The number of ether oxygens (including phenoxy) is 2. The van der Waals surface area contributed by atoms with Crippen molar-refractivity contribution in [2.24, 2.45) is 0 Å². The highest BCUT2D eigenvalue weighted by Crippen LogP contribution is 2.43. The highest BCUT2D eigenvalue weighted by molar-refractivity contribution is 6.10. The Labute approximate surface area is 221 Å². The summed E-state index contributed by atoms with van der Waals surface area (Å²) in [7, 11) is 1.49. The number of benzene rings is 4. The average Bonchev–Trinajstić information content (AvgIpc) is 3.25. The van der Waals surface area contributed by atoms with Crippen LogP contribution in [-0.2, 0) is 6.61 Å². The lowest BCUT2D eigenvalue weighted by atomic mass is 9.97. The summed E-state index contributed by atoms with van der Waals surface area (Å²) in [6.07, 6.45) is 0. The number of fused-ring (bicyclic) bond motifs is 2. The predicted molar refractivity (Wildman–Crippen MR) is 141 cm³/mol. The third-order valence-electron chi connectivity index (χ3n) is 6.68. The van der Waals surface area contributed by atoms with Gasteiger partial charge in [-0.1, -0.05) is 36.4 Å². The van der Waals surface area contributed by atoms with E-state index in [1.807, 2.05) is 30.3 Å². The van der Waals surface area contributed by atoms with Crippen LogP contribution in [0.4, 0.5) is 14.5 Å². The number of hydrogen-bond acceptors (Lipinski definition) is 5. The van der Waals surface area contributed by atoms with Gasteiger partial charge in [-0.25, -0.2) is 8.78 Å². The number of amides is 1. The number of carbonyl (C=O) groups excluding carboxylic acids is 1. The van der Waals surface area contributed by atoms with Crippen molar-refractivity contribution in [2.75, 3.05) is 12.0 Å². The number of methoxy groups -OCH3 is 1. The van der Waals surface area contributed by atoms with Crippen LogP contribution < -0.4 is 19.8 Å². The van der Waals surface area contributed by atoms with E-state index in [4.69, 9.17) is 13.9 Å². The van der Waals surface area contributed by atoms with E-state index in [0.29, 0.717) is 29.4 Å². The predicted octanol–water partition coefficient (Wildman–Crippen LogP) is 6.41. The van der Waals surface area contributed by atoms with Crippen LogP contribution in [0.1, 0.15) is 33.3 Å². The molecule has 0 saturated heterocycles. The largest absolute Gasteiger partial charge is 0.493 e. The van der Waals surface area contributed by atoms with E-state index < -0.39 is 29.0 Å². The molecule has 1 amide bonds. The minimum Gasteiger partial charge on any atom is -0.493 e. The number of carbonyl (C=O) groups is 1. The van der Waals surface area contributed by atoms with E-state index in [1.165, 1.54) is 42.3 Å². The Morgan fingerprint density at radius 3 is 2.33 bits per heavy atom. The molecule has 0 spiro atoms. The molecular formula is C31H21F2NO5. The fourth-order valence-electron chi connectivity index (χ4n) is 4.84. The van der Waals surface area contributed by atoms with Gasteiger partial charge in [0, 0.05) is 5.69 Å². The molecule has 1 aliphatic rings. The molecule has 8 heteroatoms. The summed E-state index contributed by atoms with van der Waals surface area (Å²) in [4.78, 5) is 28.7. The quantitative estimate of drug-likeness (QED) is 0.256. The van der Waals surface area contributed by atoms with E-state index in [1.54, 1.807) is 18.2 Å². The summed E-state index contributed by atoms with van der Waals surface area (Å²) < 4.78 is 45.2. The van der Waals surface area contributed by atoms with Gasteiger partial charge < -0.3 is 13.9 Å². The van der Waals surface area contributed by atoms with Gasteiger partial charge in [-0.2, -0.15) is 0 Å². The van der Waals surface area contributed by atoms with Gasteiger partial charge in [0.15, 0.2) is 16.9 Å². The Bertz CT molecular complexity index is 1770. The van der Waals surface area contributed by atoms with Crippen LogP contribution in [0.3, 0.4) is 0 Å². The number of rotatable bonds is 6. The number of anilines is 1. The lowest BCUT2D eigenvalue weighted by Gasteiger charge is -2.26. The highest BCUT2D eigenvalue weighted by atomic mass is 19.1. The van der Waals surface area contributed by atoms with E-state index in [0.717, 1.165) is 17.7 Å². The smallest absolute Gasteiger partial charge is 0.295 e. The third-order valence-corrected chi connectivity index (χ3v) is 6.68. The maximum atomic E-state index is 14.1. The molecule has 0 N–H and O–H groups in total. The molecule has 194 valence electrons. The molecule has 0 bridgehead atoms. The monoisotopic (exact) mass is 525 g/mol. The Balaban J connectivity index is 1.49. The van der Waals surface area contributed by atoms with Crippen molar-refractivity contribution in [3.8, 4) is 11.5 Å². The first kappa shape index (κ1) is 24.4. The first-order valence-electron chi connectivity index (χ1n) is 12.1. The van der Waals surface area contributed by atoms with Crippen LogP contribution in [0.15, 0.2) is 100 Å². The van der Waals surface area contributed by atoms with Gasteiger partial charge >= 0.3 is 0 Å². The molecule has 1 aliphatic heterocycles. The van der Waals surface area contributed by atoms with Gasteiger partial charge in [-0.05, 0) is 65.7 Å². The maximum Gasteiger partial charge on any atom is 0.295 e. The third kappa shape index (κ3) is 4.29. The summed E-state index contributed by atoms with van der Waals surface area (Å²) in [5.41, 5.74) is 1.47. The minimum absolute atomic E-state index is 0.0160. The molecule has 1 atom stereocenters. The minimum atomic E-state index is -0.945.